The zero-order chi connectivity index (χ0) is 17.9. The first-order chi connectivity index (χ1) is 12.7. The third kappa shape index (κ3) is 3.54. The number of carbonyl (C=O) groups is 1. The highest BCUT2D eigenvalue weighted by atomic mass is 16.5. The molecule has 26 heavy (non-hydrogen) atoms. The van der Waals surface area contributed by atoms with Gasteiger partial charge in [-0.1, -0.05) is 35.5 Å². The molecule has 4 rings (SSSR count). The lowest BCUT2D eigenvalue weighted by atomic mass is 9.95. The highest BCUT2D eigenvalue weighted by Crippen LogP contribution is 2.26. The van der Waals surface area contributed by atoms with Crippen molar-refractivity contribution in [2.45, 2.75) is 51.1 Å². The van der Waals surface area contributed by atoms with Crippen LogP contribution in [0.2, 0.25) is 0 Å². The van der Waals surface area contributed by atoms with Gasteiger partial charge in [-0.25, -0.2) is 0 Å². The average Bonchev–Trinajstić information content (AvgIpc) is 3.12. The summed E-state index contributed by atoms with van der Waals surface area (Å²) in [4.78, 5) is 17.4. The number of rotatable bonds is 4. The lowest BCUT2D eigenvalue weighted by Gasteiger charge is -2.37. The molecule has 1 amide bonds. The fourth-order valence-corrected chi connectivity index (χ4v) is 4.20. The Morgan fingerprint density at radius 1 is 1.23 bits per heavy atom. The van der Waals surface area contributed by atoms with E-state index in [1.807, 2.05) is 11.0 Å². The van der Waals surface area contributed by atoms with Gasteiger partial charge in [-0.05, 0) is 51.1 Å². The van der Waals surface area contributed by atoms with Crippen molar-refractivity contribution in [3.8, 4) is 0 Å². The number of likely N-dealkylation sites (N-methyl/N-ethyl adjacent to an activating group) is 1. The van der Waals surface area contributed by atoms with Crippen molar-refractivity contribution < 1.29 is 9.32 Å². The molecule has 2 aromatic rings. The Bertz CT molecular complexity index is 756. The second-order valence-electron chi connectivity index (χ2n) is 7.59. The first-order valence-corrected chi connectivity index (χ1v) is 9.73. The fraction of sp³-hybridized carbons (Fsp3) is 0.524. The molecule has 1 fully saturated rings. The summed E-state index contributed by atoms with van der Waals surface area (Å²) in [6.07, 6.45) is 6.29. The number of hydrogen-bond acceptors (Lipinski definition) is 4. The Labute approximate surface area is 155 Å². The summed E-state index contributed by atoms with van der Waals surface area (Å²) in [6.45, 7) is 2.48. The molecule has 1 aliphatic carbocycles. The Hall–Kier alpha value is -2.14. The number of benzene rings is 1. The van der Waals surface area contributed by atoms with Crippen LogP contribution in [0.3, 0.4) is 0 Å². The third-order valence-corrected chi connectivity index (χ3v) is 5.74. The van der Waals surface area contributed by atoms with Crippen LogP contribution in [0, 0.1) is 0 Å². The topological polar surface area (TPSA) is 49.6 Å². The quantitative estimate of drug-likeness (QED) is 0.846. The molecule has 1 saturated heterocycles. The number of likely N-dealkylation sites (tertiary alicyclic amines) is 1. The molecule has 2 heterocycles. The lowest BCUT2D eigenvalue weighted by Crippen LogP contribution is -2.48. The maximum Gasteiger partial charge on any atom is 0.292 e. The number of carbonyl (C=O) groups excluding carboxylic acids is 1. The summed E-state index contributed by atoms with van der Waals surface area (Å²) in [6, 6.07) is 10.9. The molecule has 1 atom stereocenters. The minimum atomic E-state index is 0.0264. The number of aromatic nitrogens is 1. The summed E-state index contributed by atoms with van der Waals surface area (Å²) in [5.74, 6) is 0.518. The molecule has 0 bridgehead atoms. The summed E-state index contributed by atoms with van der Waals surface area (Å²) < 4.78 is 5.47. The predicted molar refractivity (Wildman–Crippen MR) is 100.0 cm³/mol. The first kappa shape index (κ1) is 17.3. The van der Waals surface area contributed by atoms with E-state index in [4.69, 9.17) is 4.52 Å². The van der Waals surface area contributed by atoms with E-state index >= 15 is 0 Å². The maximum absolute atomic E-state index is 13.0. The van der Waals surface area contributed by atoms with Gasteiger partial charge in [0.05, 0.1) is 5.69 Å². The molecule has 1 aliphatic heterocycles. The van der Waals surface area contributed by atoms with E-state index in [2.05, 4.69) is 41.4 Å². The van der Waals surface area contributed by atoms with Crippen LogP contribution in [0.25, 0.3) is 0 Å². The van der Waals surface area contributed by atoms with Crippen LogP contribution < -0.4 is 0 Å². The van der Waals surface area contributed by atoms with Gasteiger partial charge in [-0.3, -0.25) is 9.69 Å². The fourth-order valence-electron chi connectivity index (χ4n) is 4.20. The van der Waals surface area contributed by atoms with Crippen LogP contribution in [-0.2, 0) is 19.4 Å². The van der Waals surface area contributed by atoms with Gasteiger partial charge < -0.3 is 9.42 Å². The maximum atomic E-state index is 13.0. The zero-order valence-electron chi connectivity index (χ0n) is 15.5. The second-order valence-corrected chi connectivity index (χ2v) is 7.59. The van der Waals surface area contributed by atoms with Gasteiger partial charge in [0.15, 0.2) is 0 Å². The molecule has 138 valence electrons. The molecular weight excluding hydrogens is 326 g/mol. The van der Waals surface area contributed by atoms with Gasteiger partial charge in [0, 0.05) is 31.2 Å². The van der Waals surface area contributed by atoms with Crippen LogP contribution >= 0.6 is 0 Å². The van der Waals surface area contributed by atoms with E-state index in [1.54, 1.807) is 0 Å². The van der Waals surface area contributed by atoms with Crippen molar-refractivity contribution in [1.82, 2.24) is 15.0 Å². The SMILES string of the molecule is CN(Cc1ccccc1)[C@@H]1CCCN(C(=O)c2onc3c2CCCC3)C1. The lowest BCUT2D eigenvalue weighted by molar-refractivity contribution is 0.0562. The molecule has 5 heteroatoms. The van der Waals surface area contributed by atoms with E-state index in [0.29, 0.717) is 11.8 Å². The molecule has 1 aromatic carbocycles. The van der Waals surface area contributed by atoms with Gasteiger partial charge in [-0.2, -0.15) is 0 Å². The van der Waals surface area contributed by atoms with Gasteiger partial charge in [0.25, 0.3) is 5.91 Å². The van der Waals surface area contributed by atoms with Crippen molar-refractivity contribution in [3.63, 3.8) is 0 Å². The molecule has 5 nitrogen and oxygen atoms in total. The molecule has 1 aromatic heterocycles. The van der Waals surface area contributed by atoms with Gasteiger partial charge >= 0.3 is 0 Å². The molecule has 0 spiro atoms. The van der Waals surface area contributed by atoms with E-state index < -0.39 is 0 Å². The number of nitrogens with zero attached hydrogens (tertiary/aromatic N) is 3. The number of fused-ring (bicyclic) bond motifs is 1. The van der Waals surface area contributed by atoms with Crippen molar-refractivity contribution in [2.75, 3.05) is 20.1 Å². The Balaban J connectivity index is 1.43. The van der Waals surface area contributed by atoms with Crippen LogP contribution in [-0.4, -0.2) is 47.0 Å². The first-order valence-electron chi connectivity index (χ1n) is 9.73. The van der Waals surface area contributed by atoms with E-state index in [-0.39, 0.29) is 5.91 Å². The van der Waals surface area contributed by atoms with Crippen molar-refractivity contribution in [2.24, 2.45) is 0 Å². The molecule has 0 saturated carbocycles. The summed E-state index contributed by atoms with van der Waals surface area (Å²) >= 11 is 0. The smallest absolute Gasteiger partial charge is 0.292 e. The Morgan fingerprint density at radius 2 is 2.04 bits per heavy atom. The highest BCUT2D eigenvalue weighted by molar-refractivity contribution is 5.93. The molecule has 0 radical (unpaired) electrons. The number of hydrogen-bond donors (Lipinski definition) is 0. The van der Waals surface area contributed by atoms with E-state index in [0.717, 1.165) is 69.4 Å². The van der Waals surface area contributed by atoms with Crippen LogP contribution in [0.15, 0.2) is 34.9 Å². The standard InChI is InChI=1S/C21H27N3O2/c1-23(14-16-8-3-2-4-9-16)17-10-7-13-24(15-17)21(25)20-18-11-5-6-12-19(18)22-26-20/h2-4,8-9,17H,5-7,10-15H2,1H3/t17-/m1/s1. The molecule has 2 aliphatic rings. The van der Waals surface area contributed by atoms with Gasteiger partial charge in [0.1, 0.15) is 0 Å². The van der Waals surface area contributed by atoms with Gasteiger partial charge in [0.2, 0.25) is 5.76 Å². The molecule has 0 N–H and O–H groups in total. The number of piperidine rings is 1. The predicted octanol–water partition coefficient (Wildman–Crippen LogP) is 3.29. The number of amides is 1. The minimum absolute atomic E-state index is 0.0264. The van der Waals surface area contributed by atoms with E-state index in [1.165, 1.54) is 5.56 Å². The largest absolute Gasteiger partial charge is 0.350 e. The van der Waals surface area contributed by atoms with E-state index in [9.17, 15) is 4.79 Å². The summed E-state index contributed by atoms with van der Waals surface area (Å²) in [5.41, 5.74) is 3.36. The monoisotopic (exact) mass is 353 g/mol. The third-order valence-electron chi connectivity index (χ3n) is 5.74. The molecule has 0 unspecified atom stereocenters. The summed E-state index contributed by atoms with van der Waals surface area (Å²) in [7, 11) is 2.15. The van der Waals surface area contributed by atoms with Crippen LogP contribution in [0.5, 0.6) is 0 Å². The number of aryl methyl sites for hydroxylation is 1. The zero-order valence-corrected chi connectivity index (χ0v) is 15.5. The van der Waals surface area contributed by atoms with Crippen LogP contribution in [0.1, 0.15) is 53.1 Å². The normalized spacial score (nSPS) is 20.2. The van der Waals surface area contributed by atoms with Gasteiger partial charge in [-0.15, -0.1) is 0 Å². The molecular formula is C21H27N3O2. The Morgan fingerprint density at radius 3 is 2.88 bits per heavy atom. The van der Waals surface area contributed by atoms with Crippen LogP contribution in [0.4, 0.5) is 0 Å². The van der Waals surface area contributed by atoms with Crippen molar-refractivity contribution >= 4 is 5.91 Å². The minimum Gasteiger partial charge on any atom is -0.350 e. The Kier molecular flexibility index (Phi) is 5.07. The van der Waals surface area contributed by atoms with Crippen molar-refractivity contribution in [3.05, 3.63) is 52.9 Å². The average molecular weight is 353 g/mol. The van der Waals surface area contributed by atoms with Crippen molar-refractivity contribution in [1.29, 1.82) is 0 Å². The second kappa shape index (κ2) is 7.62. The highest BCUT2D eigenvalue weighted by Gasteiger charge is 2.32. The summed E-state index contributed by atoms with van der Waals surface area (Å²) in [5, 5.41) is 4.15.